The third-order valence-corrected chi connectivity index (χ3v) is 6.22. The molecular formula is C29H38IN2O2+. The lowest BCUT2D eigenvalue weighted by Crippen LogP contribution is -2.35. The van der Waals surface area contributed by atoms with Crippen LogP contribution in [-0.2, 0) is 6.54 Å². The molecule has 0 radical (unpaired) electrons. The van der Waals surface area contributed by atoms with Crippen LogP contribution in [0, 0.1) is 0 Å². The average Bonchev–Trinajstić information content (AvgIpc) is 3.37. The maximum Gasteiger partial charge on any atom is 0.374 e. The summed E-state index contributed by atoms with van der Waals surface area (Å²) in [7, 11) is 0. The molecule has 1 aliphatic rings. The highest BCUT2D eigenvalue weighted by molar-refractivity contribution is 14.0. The molecule has 5 heteroatoms. The molecule has 0 atom stereocenters. The van der Waals surface area contributed by atoms with E-state index in [2.05, 4.69) is 65.8 Å². The number of aromatic nitrogens is 1. The number of allylic oxidation sites excluding steroid dienone is 2. The van der Waals surface area contributed by atoms with E-state index in [0.717, 1.165) is 60.2 Å². The van der Waals surface area contributed by atoms with E-state index in [1.54, 1.807) is 0 Å². The molecule has 1 aliphatic heterocycles. The number of rotatable bonds is 12. The van der Waals surface area contributed by atoms with Gasteiger partial charge >= 0.3 is 5.89 Å². The van der Waals surface area contributed by atoms with Crippen molar-refractivity contribution in [2.24, 2.45) is 0 Å². The van der Waals surface area contributed by atoms with Gasteiger partial charge in [-0.1, -0.05) is 70.2 Å². The molecule has 0 saturated heterocycles. The van der Waals surface area contributed by atoms with Crippen LogP contribution in [0.25, 0.3) is 17.2 Å². The van der Waals surface area contributed by atoms with Crippen molar-refractivity contribution in [3.8, 4) is 5.75 Å². The molecule has 1 aromatic heterocycles. The predicted octanol–water partition coefficient (Wildman–Crippen LogP) is 8.25. The molecule has 0 amide bonds. The molecule has 0 aliphatic carbocycles. The fourth-order valence-electron chi connectivity index (χ4n) is 4.42. The molecule has 0 saturated carbocycles. The first-order valence-electron chi connectivity index (χ1n) is 12.7. The molecular weight excluding hydrogens is 535 g/mol. The topological polar surface area (TPSA) is 29.5 Å². The summed E-state index contributed by atoms with van der Waals surface area (Å²) in [6.07, 6.45) is 16.0. The van der Waals surface area contributed by atoms with E-state index >= 15 is 0 Å². The molecule has 0 N–H and O–H groups in total. The number of para-hydroxylation sites is 4. The lowest BCUT2D eigenvalue weighted by atomic mass is 10.2. The Morgan fingerprint density at radius 2 is 1.59 bits per heavy atom. The minimum atomic E-state index is 0. The Morgan fingerprint density at radius 3 is 2.41 bits per heavy atom. The maximum absolute atomic E-state index is 6.19. The van der Waals surface area contributed by atoms with Crippen LogP contribution in [0.4, 0.5) is 5.69 Å². The fourth-order valence-corrected chi connectivity index (χ4v) is 4.42. The summed E-state index contributed by atoms with van der Waals surface area (Å²) >= 11 is 0. The van der Waals surface area contributed by atoms with Gasteiger partial charge in [0.25, 0.3) is 5.52 Å². The number of anilines is 1. The second kappa shape index (κ2) is 13.6. The highest BCUT2D eigenvalue weighted by atomic mass is 127. The van der Waals surface area contributed by atoms with Gasteiger partial charge in [-0.25, -0.2) is 0 Å². The zero-order valence-corrected chi connectivity index (χ0v) is 22.9. The summed E-state index contributed by atoms with van der Waals surface area (Å²) in [5, 5.41) is 0. The lowest BCUT2D eigenvalue weighted by Gasteiger charge is -2.17. The van der Waals surface area contributed by atoms with E-state index in [1.807, 2.05) is 24.3 Å². The summed E-state index contributed by atoms with van der Waals surface area (Å²) in [6, 6.07) is 16.6. The van der Waals surface area contributed by atoms with Gasteiger partial charge in [0.2, 0.25) is 11.5 Å². The summed E-state index contributed by atoms with van der Waals surface area (Å²) in [5.74, 6) is 2.70. The quantitative estimate of drug-likeness (QED) is 0.124. The van der Waals surface area contributed by atoms with Crippen LogP contribution in [0.5, 0.6) is 5.75 Å². The monoisotopic (exact) mass is 573 g/mol. The van der Waals surface area contributed by atoms with Crippen LogP contribution in [0.15, 0.2) is 71.0 Å². The summed E-state index contributed by atoms with van der Waals surface area (Å²) < 4.78 is 14.7. The molecule has 182 valence electrons. The van der Waals surface area contributed by atoms with Gasteiger partial charge in [-0.05, 0) is 43.2 Å². The summed E-state index contributed by atoms with van der Waals surface area (Å²) in [5.41, 5.74) is 3.24. The number of hydrogen-bond acceptors (Lipinski definition) is 3. The Balaban J connectivity index is 0.00000324. The second-order valence-electron chi connectivity index (χ2n) is 8.77. The van der Waals surface area contributed by atoms with E-state index in [0.29, 0.717) is 0 Å². The van der Waals surface area contributed by atoms with Gasteiger partial charge in [0.05, 0.1) is 11.8 Å². The maximum atomic E-state index is 6.19. The number of benzene rings is 2. The zero-order chi connectivity index (χ0) is 22.9. The molecule has 0 unspecified atom stereocenters. The number of ether oxygens (including phenoxy) is 1. The Labute approximate surface area is 221 Å². The van der Waals surface area contributed by atoms with Gasteiger partial charge in [-0.2, -0.15) is 4.57 Å². The van der Waals surface area contributed by atoms with Crippen molar-refractivity contribution in [3.63, 3.8) is 0 Å². The number of fused-ring (bicyclic) bond motifs is 2. The minimum Gasteiger partial charge on any atom is -0.439 e. The molecule has 4 rings (SSSR count). The van der Waals surface area contributed by atoms with Crippen molar-refractivity contribution in [1.82, 2.24) is 0 Å². The van der Waals surface area contributed by atoms with E-state index in [9.17, 15) is 0 Å². The van der Waals surface area contributed by atoms with Crippen molar-refractivity contribution in [2.45, 2.75) is 71.8 Å². The summed E-state index contributed by atoms with van der Waals surface area (Å²) in [6.45, 7) is 6.44. The van der Waals surface area contributed by atoms with Crippen molar-refractivity contribution < 1.29 is 13.7 Å². The molecule has 0 fully saturated rings. The van der Waals surface area contributed by atoms with Gasteiger partial charge in [0.15, 0.2) is 12.3 Å². The van der Waals surface area contributed by atoms with Crippen molar-refractivity contribution in [2.75, 3.05) is 11.4 Å². The number of unbranched alkanes of at least 4 members (excludes halogenated alkanes) is 6. The van der Waals surface area contributed by atoms with Crippen LogP contribution in [-0.4, -0.2) is 6.54 Å². The number of nitrogens with zero attached hydrogens (tertiary/aromatic N) is 2. The smallest absolute Gasteiger partial charge is 0.374 e. The highest BCUT2D eigenvalue weighted by Gasteiger charge is 2.25. The first-order valence-corrected chi connectivity index (χ1v) is 12.7. The second-order valence-corrected chi connectivity index (χ2v) is 8.77. The third-order valence-electron chi connectivity index (χ3n) is 6.22. The van der Waals surface area contributed by atoms with Crippen molar-refractivity contribution in [1.29, 1.82) is 0 Å². The number of aryl methyl sites for hydroxylation is 1. The minimum absolute atomic E-state index is 0. The van der Waals surface area contributed by atoms with Crippen LogP contribution in [0.2, 0.25) is 0 Å². The van der Waals surface area contributed by atoms with Crippen LogP contribution < -0.4 is 14.2 Å². The molecule has 0 spiro atoms. The third kappa shape index (κ3) is 6.44. The molecule has 2 heterocycles. The van der Waals surface area contributed by atoms with Crippen molar-refractivity contribution >= 4 is 46.8 Å². The Kier molecular flexibility index (Phi) is 10.5. The Bertz CT molecular complexity index is 1100. The van der Waals surface area contributed by atoms with Gasteiger partial charge in [-0.15, -0.1) is 24.0 Å². The normalized spacial score (nSPS) is 14.1. The predicted molar refractivity (Wildman–Crippen MR) is 152 cm³/mol. The van der Waals surface area contributed by atoms with E-state index in [-0.39, 0.29) is 24.0 Å². The number of oxazole rings is 1. The molecule has 4 nitrogen and oxygen atoms in total. The van der Waals surface area contributed by atoms with E-state index in [4.69, 9.17) is 9.15 Å². The van der Waals surface area contributed by atoms with Crippen molar-refractivity contribution in [3.05, 3.63) is 72.5 Å². The van der Waals surface area contributed by atoms with Crippen LogP contribution in [0.3, 0.4) is 0 Å². The first kappa shape index (κ1) is 26.3. The number of halogens is 1. The van der Waals surface area contributed by atoms with Gasteiger partial charge in [0, 0.05) is 19.0 Å². The molecule has 2 aromatic carbocycles. The average molecular weight is 574 g/mol. The van der Waals surface area contributed by atoms with E-state index < -0.39 is 0 Å². The highest BCUT2D eigenvalue weighted by Crippen LogP contribution is 2.38. The van der Waals surface area contributed by atoms with Crippen LogP contribution >= 0.6 is 24.0 Å². The van der Waals surface area contributed by atoms with Gasteiger partial charge < -0.3 is 14.1 Å². The summed E-state index contributed by atoms with van der Waals surface area (Å²) in [4.78, 5) is 2.30. The number of hydrogen-bond donors (Lipinski definition) is 0. The Hall–Kier alpha value is -2.28. The van der Waals surface area contributed by atoms with E-state index in [1.165, 1.54) is 38.5 Å². The fraction of sp³-hybridized carbons (Fsp3) is 0.414. The molecule has 0 bridgehead atoms. The molecule has 34 heavy (non-hydrogen) atoms. The largest absolute Gasteiger partial charge is 0.439 e. The zero-order valence-electron chi connectivity index (χ0n) is 20.5. The Morgan fingerprint density at radius 1 is 0.853 bits per heavy atom. The van der Waals surface area contributed by atoms with Gasteiger partial charge in [0.1, 0.15) is 0 Å². The first-order chi connectivity index (χ1) is 16.3. The van der Waals surface area contributed by atoms with Crippen LogP contribution in [0.1, 0.15) is 71.1 Å². The SMILES string of the molecule is CCCCCCN1/C(=C/C=C/c2oc3ccccc3[n+]2CCCCCC)Oc2ccccc21.I. The standard InChI is InChI=1S/C29H37N2O2.HI/c1-3-5-7-13-22-30-24-16-9-11-18-26(24)32-28(30)20-15-21-29-31(23-14-8-6-4-2)25-17-10-12-19-27(25)33-29;/h9-12,15-21H,3-8,13-14,22-23H2,1-2H3;1H/q+1;. The van der Waals surface area contributed by atoms with Gasteiger partial charge in [-0.3, -0.25) is 0 Å². The molecule has 3 aromatic rings. The lowest BCUT2D eigenvalue weighted by molar-refractivity contribution is -0.678.